The summed E-state index contributed by atoms with van der Waals surface area (Å²) in [6.45, 7) is 3.50. The van der Waals surface area contributed by atoms with Gasteiger partial charge >= 0.3 is 0 Å². The molecule has 3 aromatic rings. The number of hydrogen-bond donors (Lipinski definition) is 2. The minimum Gasteiger partial charge on any atom is -0.367 e. The first kappa shape index (κ1) is 27.7. The zero-order valence-corrected chi connectivity index (χ0v) is 24.0. The maximum absolute atomic E-state index is 15.3. The van der Waals surface area contributed by atoms with Crippen LogP contribution < -0.4 is 19.8 Å². The van der Waals surface area contributed by atoms with Crippen molar-refractivity contribution in [2.75, 3.05) is 66.4 Å². The average Bonchev–Trinajstić information content (AvgIpc) is 2.93. The molecule has 0 atom stereocenters. The van der Waals surface area contributed by atoms with Gasteiger partial charge in [0.1, 0.15) is 10.7 Å². The lowest BCUT2D eigenvalue weighted by Gasteiger charge is -2.46. The highest BCUT2D eigenvalue weighted by molar-refractivity contribution is 7.99. The fraction of sp³-hybridized carbons (Fsp3) is 0.429. The fourth-order valence-electron chi connectivity index (χ4n) is 5.46. The third kappa shape index (κ3) is 6.18. The molecule has 2 aliphatic rings. The molecule has 0 aliphatic carbocycles. The molecule has 0 saturated carbocycles. The van der Waals surface area contributed by atoms with Crippen molar-refractivity contribution in [3.8, 4) is 0 Å². The van der Waals surface area contributed by atoms with Crippen molar-refractivity contribution in [3.05, 3.63) is 59.3 Å². The van der Waals surface area contributed by atoms with Crippen molar-refractivity contribution in [2.45, 2.75) is 25.7 Å². The van der Waals surface area contributed by atoms with Gasteiger partial charge < -0.3 is 24.7 Å². The van der Waals surface area contributed by atoms with Crippen LogP contribution in [0.4, 0.5) is 43.3 Å². The van der Waals surface area contributed by atoms with Crippen LogP contribution in [-0.2, 0) is 0 Å². The molecule has 208 valence electrons. The number of piperidine rings is 2. The van der Waals surface area contributed by atoms with E-state index in [9.17, 15) is 0 Å². The number of nitrogens with zero attached hydrogens (tertiary/aromatic N) is 5. The van der Waals surface area contributed by atoms with E-state index < -0.39 is 11.6 Å². The monoisotopic (exact) mass is 573 g/mol. The molecular weight excluding hydrogens is 540 g/mol. The molecule has 2 N–H and O–H groups in total. The van der Waals surface area contributed by atoms with Gasteiger partial charge in [-0.25, -0.2) is 13.8 Å². The van der Waals surface area contributed by atoms with Crippen LogP contribution in [0.2, 0.25) is 5.02 Å². The largest absolute Gasteiger partial charge is 0.367 e. The molecule has 0 radical (unpaired) electrons. The van der Waals surface area contributed by atoms with E-state index in [1.165, 1.54) is 18.3 Å². The summed E-state index contributed by atoms with van der Waals surface area (Å²) in [4.78, 5) is 12.9. The normalized spacial score (nSPS) is 17.3. The molecule has 7 nitrogen and oxygen atoms in total. The number of para-hydroxylation sites is 2. The average molecular weight is 574 g/mol. The van der Waals surface area contributed by atoms with Crippen LogP contribution in [0.25, 0.3) is 0 Å². The molecule has 2 aromatic carbocycles. The van der Waals surface area contributed by atoms with Gasteiger partial charge in [0.25, 0.3) is 0 Å². The molecule has 0 unspecified atom stereocenters. The number of hydrogen-bond acceptors (Lipinski definition) is 8. The minimum atomic E-state index is -0.599. The van der Waals surface area contributed by atoms with E-state index in [4.69, 9.17) is 11.6 Å². The Morgan fingerprint density at radius 1 is 1.00 bits per heavy atom. The van der Waals surface area contributed by atoms with Crippen LogP contribution in [0.5, 0.6) is 0 Å². The Morgan fingerprint density at radius 3 is 2.31 bits per heavy atom. The van der Waals surface area contributed by atoms with Gasteiger partial charge in [-0.05, 0) is 75.5 Å². The van der Waals surface area contributed by atoms with Crippen LogP contribution in [0, 0.1) is 17.0 Å². The lowest BCUT2D eigenvalue weighted by atomic mass is 9.71. The molecule has 39 heavy (non-hydrogen) atoms. The maximum Gasteiger partial charge on any atom is 0.229 e. The predicted octanol–water partition coefficient (Wildman–Crippen LogP) is 6.92. The lowest BCUT2D eigenvalue weighted by molar-refractivity contribution is 0.0942. The van der Waals surface area contributed by atoms with Crippen LogP contribution in [0.1, 0.15) is 25.7 Å². The summed E-state index contributed by atoms with van der Waals surface area (Å²) in [5, 5.41) is 6.50. The molecule has 5 rings (SSSR count). The van der Waals surface area contributed by atoms with E-state index in [0.29, 0.717) is 29.3 Å². The quantitative estimate of drug-likeness (QED) is 0.295. The molecule has 1 spiro atoms. The number of aromatic nitrogens is 2. The van der Waals surface area contributed by atoms with Crippen LogP contribution in [0.15, 0.2) is 42.6 Å². The first-order valence-electron chi connectivity index (χ1n) is 13.1. The standard InChI is InChI=1S/C28H34ClF2N7S/c1-36-12-8-28(9-13-36)10-14-38(15-11-28)25-21(30)16-19(17-22(25)31)33-27-32-18-20(29)26(35-27)34-23-6-4-5-7-24(23)37(2)39-3/h4-7,16-18H,8-15H2,1-3H3,(H2,32,33,34,35). The first-order chi connectivity index (χ1) is 18.8. The Labute approximate surface area is 238 Å². The summed E-state index contributed by atoms with van der Waals surface area (Å²) in [5.41, 5.74) is 2.34. The summed E-state index contributed by atoms with van der Waals surface area (Å²) >= 11 is 7.94. The Morgan fingerprint density at radius 2 is 1.64 bits per heavy atom. The highest BCUT2D eigenvalue weighted by atomic mass is 35.5. The third-order valence-electron chi connectivity index (χ3n) is 7.98. The van der Waals surface area contributed by atoms with Crippen molar-refractivity contribution < 1.29 is 8.78 Å². The number of anilines is 6. The van der Waals surface area contributed by atoms with Gasteiger partial charge in [-0.2, -0.15) is 4.98 Å². The Bertz CT molecular complexity index is 1290. The van der Waals surface area contributed by atoms with Crippen molar-refractivity contribution >= 4 is 58.1 Å². The Balaban J connectivity index is 1.30. The Kier molecular flexibility index (Phi) is 8.35. The van der Waals surface area contributed by atoms with Gasteiger partial charge in [-0.15, -0.1) is 0 Å². The second-order valence-electron chi connectivity index (χ2n) is 10.4. The van der Waals surface area contributed by atoms with E-state index >= 15 is 8.78 Å². The van der Waals surface area contributed by atoms with Crippen LogP contribution >= 0.6 is 23.5 Å². The molecule has 1 aromatic heterocycles. The zero-order valence-electron chi connectivity index (χ0n) is 22.5. The number of halogens is 3. The second kappa shape index (κ2) is 11.7. The molecule has 2 aliphatic heterocycles. The van der Waals surface area contributed by atoms with Gasteiger partial charge in [0, 0.05) is 32.1 Å². The highest BCUT2D eigenvalue weighted by Gasteiger charge is 2.37. The minimum absolute atomic E-state index is 0.0391. The number of likely N-dealkylation sites (tertiary alicyclic amines) is 1. The lowest BCUT2D eigenvalue weighted by Crippen LogP contribution is -2.46. The summed E-state index contributed by atoms with van der Waals surface area (Å²) < 4.78 is 32.5. The van der Waals surface area contributed by atoms with E-state index in [1.54, 1.807) is 11.9 Å². The smallest absolute Gasteiger partial charge is 0.229 e. The number of nitrogens with one attached hydrogen (secondary N) is 2. The fourth-order valence-corrected chi connectivity index (χ4v) is 5.96. The first-order valence-corrected chi connectivity index (χ1v) is 14.7. The van der Waals surface area contributed by atoms with Crippen LogP contribution in [0.3, 0.4) is 0 Å². The summed E-state index contributed by atoms with van der Waals surface area (Å²) in [6.07, 6.45) is 7.67. The maximum atomic E-state index is 15.3. The van der Waals surface area contributed by atoms with Crippen molar-refractivity contribution in [1.29, 1.82) is 0 Å². The molecule has 3 heterocycles. The third-order valence-corrected chi connectivity index (χ3v) is 9.00. The van der Waals surface area contributed by atoms with E-state index in [2.05, 4.69) is 32.5 Å². The Hall–Kier alpha value is -2.82. The summed E-state index contributed by atoms with van der Waals surface area (Å²) in [5.74, 6) is -0.646. The van der Waals surface area contributed by atoms with Gasteiger partial charge in [0.05, 0.1) is 17.6 Å². The predicted molar refractivity (Wildman–Crippen MR) is 159 cm³/mol. The second-order valence-corrected chi connectivity index (χ2v) is 11.7. The molecular formula is C28H34ClF2N7S. The SMILES string of the molecule is CSN(C)c1ccccc1Nc1nc(Nc2cc(F)c(N3CCC4(CCN(C)CC4)CC3)c(F)c2)ncc1Cl. The number of benzene rings is 2. The summed E-state index contributed by atoms with van der Waals surface area (Å²) in [7, 11) is 4.11. The number of rotatable bonds is 7. The molecule has 11 heteroatoms. The summed E-state index contributed by atoms with van der Waals surface area (Å²) in [6, 6.07) is 10.4. The van der Waals surface area contributed by atoms with Crippen molar-refractivity contribution in [1.82, 2.24) is 14.9 Å². The zero-order chi connectivity index (χ0) is 27.6. The van der Waals surface area contributed by atoms with E-state index in [-0.39, 0.29) is 17.3 Å². The molecule has 0 amide bonds. The van der Waals surface area contributed by atoms with Gasteiger partial charge in [0.15, 0.2) is 17.5 Å². The topological polar surface area (TPSA) is 59.6 Å². The van der Waals surface area contributed by atoms with E-state index in [1.807, 2.05) is 46.8 Å². The van der Waals surface area contributed by atoms with Crippen LogP contribution in [-0.4, -0.2) is 61.4 Å². The van der Waals surface area contributed by atoms with Gasteiger partial charge in [-0.1, -0.05) is 35.7 Å². The molecule has 0 bridgehead atoms. The molecule has 2 saturated heterocycles. The van der Waals surface area contributed by atoms with Crippen molar-refractivity contribution in [2.24, 2.45) is 5.41 Å². The van der Waals surface area contributed by atoms with Crippen molar-refractivity contribution in [3.63, 3.8) is 0 Å². The van der Waals surface area contributed by atoms with E-state index in [0.717, 1.165) is 50.1 Å². The van der Waals surface area contributed by atoms with Gasteiger partial charge in [0.2, 0.25) is 5.95 Å². The van der Waals surface area contributed by atoms with Gasteiger partial charge in [-0.3, -0.25) is 0 Å². The highest BCUT2D eigenvalue weighted by Crippen LogP contribution is 2.43. The molecule has 2 fully saturated rings.